The van der Waals surface area contributed by atoms with Crippen LogP contribution in [0.2, 0.25) is 0 Å². The van der Waals surface area contributed by atoms with Gasteiger partial charge in [0.05, 0.1) is 6.33 Å². The summed E-state index contributed by atoms with van der Waals surface area (Å²) in [5.41, 5.74) is 1.24. The molecule has 0 aliphatic heterocycles. The first-order valence-electron chi connectivity index (χ1n) is 3.76. The Morgan fingerprint density at radius 2 is 2.50 bits per heavy atom. The fourth-order valence-electron chi connectivity index (χ4n) is 0.866. The number of hydrogen-bond acceptors (Lipinski definition) is 1. The Morgan fingerprint density at radius 1 is 1.70 bits per heavy atom. The van der Waals surface area contributed by atoms with Gasteiger partial charge in [-0.2, -0.15) is 0 Å². The first-order valence-corrected chi connectivity index (χ1v) is 3.76. The predicted molar refractivity (Wildman–Crippen MR) is 43.9 cm³/mol. The Labute approximate surface area is 63.2 Å². The Bertz CT molecular complexity index is 170. The molecule has 0 amide bonds. The minimum absolute atomic E-state index is 0. The van der Waals surface area contributed by atoms with Gasteiger partial charge < -0.3 is 4.98 Å². The van der Waals surface area contributed by atoms with E-state index < -0.39 is 0 Å². The highest BCUT2D eigenvalue weighted by Gasteiger charge is 1.96. The van der Waals surface area contributed by atoms with Crippen LogP contribution in [0.15, 0.2) is 12.5 Å². The van der Waals surface area contributed by atoms with Crippen molar-refractivity contribution in [1.82, 2.24) is 9.97 Å². The number of nitrogens with zero attached hydrogens (tertiary/aromatic N) is 1. The number of H-pyrrole nitrogens is 1. The van der Waals surface area contributed by atoms with E-state index in [1.807, 2.05) is 6.20 Å². The van der Waals surface area contributed by atoms with Crippen LogP contribution in [-0.2, 0) is 6.42 Å². The van der Waals surface area contributed by atoms with Crippen LogP contribution in [0.4, 0.5) is 0 Å². The molecule has 0 unspecified atom stereocenters. The van der Waals surface area contributed by atoms with Crippen molar-refractivity contribution >= 4 is 0 Å². The van der Waals surface area contributed by atoms with Crippen molar-refractivity contribution in [2.24, 2.45) is 5.92 Å². The van der Waals surface area contributed by atoms with Crippen molar-refractivity contribution < 1.29 is 1.43 Å². The number of hydrogen-bond donors (Lipinski definition) is 1. The second kappa shape index (κ2) is 3.40. The topological polar surface area (TPSA) is 28.7 Å². The molecule has 1 aromatic heterocycles. The Hall–Kier alpha value is -0.790. The lowest BCUT2D eigenvalue weighted by Gasteiger charge is -2.00. The minimum atomic E-state index is 0. The van der Waals surface area contributed by atoms with Crippen LogP contribution >= 0.6 is 0 Å². The molecule has 2 heteroatoms. The van der Waals surface area contributed by atoms with E-state index in [1.54, 1.807) is 6.33 Å². The summed E-state index contributed by atoms with van der Waals surface area (Å²) in [6, 6.07) is 0. The summed E-state index contributed by atoms with van der Waals surface area (Å²) in [5, 5.41) is 0. The summed E-state index contributed by atoms with van der Waals surface area (Å²) >= 11 is 0. The molecule has 1 rings (SSSR count). The molecule has 10 heavy (non-hydrogen) atoms. The lowest BCUT2D eigenvalue weighted by Crippen LogP contribution is -1.91. The largest absolute Gasteiger partial charge is 0.348 e. The van der Waals surface area contributed by atoms with Gasteiger partial charge in [0.15, 0.2) is 0 Å². The lowest BCUT2D eigenvalue weighted by molar-refractivity contribution is 0.582. The molecular formula is C8H16N2. The van der Waals surface area contributed by atoms with E-state index in [0.717, 1.165) is 12.3 Å². The zero-order valence-electron chi connectivity index (χ0n) is 6.59. The van der Waals surface area contributed by atoms with Crippen LogP contribution < -0.4 is 0 Å². The summed E-state index contributed by atoms with van der Waals surface area (Å²) in [6.07, 6.45) is 5.98. The van der Waals surface area contributed by atoms with Gasteiger partial charge in [0, 0.05) is 13.3 Å². The number of aryl methyl sites for hydroxylation is 1. The van der Waals surface area contributed by atoms with Crippen molar-refractivity contribution in [3.8, 4) is 0 Å². The van der Waals surface area contributed by atoms with Crippen LogP contribution in [0.5, 0.6) is 0 Å². The van der Waals surface area contributed by atoms with Gasteiger partial charge in [-0.05, 0) is 18.8 Å². The highest BCUT2D eigenvalue weighted by Crippen LogP contribution is 2.04. The quantitative estimate of drug-likeness (QED) is 0.685. The molecule has 0 bridgehead atoms. The molecule has 0 atom stereocenters. The average molecular weight is 140 g/mol. The van der Waals surface area contributed by atoms with E-state index in [4.69, 9.17) is 0 Å². The fourth-order valence-corrected chi connectivity index (χ4v) is 0.866. The maximum atomic E-state index is 3.94. The molecular weight excluding hydrogens is 124 g/mol. The zero-order valence-corrected chi connectivity index (χ0v) is 6.59. The summed E-state index contributed by atoms with van der Waals surface area (Å²) in [6.45, 7) is 4.47. The summed E-state index contributed by atoms with van der Waals surface area (Å²) in [7, 11) is 0. The number of rotatable bonds is 3. The molecule has 0 spiro atoms. The minimum Gasteiger partial charge on any atom is -0.348 e. The first-order chi connectivity index (χ1) is 4.79. The van der Waals surface area contributed by atoms with Crippen LogP contribution in [0, 0.1) is 5.92 Å². The van der Waals surface area contributed by atoms with Gasteiger partial charge in [-0.3, -0.25) is 0 Å². The van der Waals surface area contributed by atoms with Crippen LogP contribution in [0.3, 0.4) is 0 Å². The van der Waals surface area contributed by atoms with Crippen molar-refractivity contribution in [3.63, 3.8) is 0 Å². The molecule has 1 heterocycles. The van der Waals surface area contributed by atoms with Crippen molar-refractivity contribution in [2.75, 3.05) is 0 Å². The maximum Gasteiger partial charge on any atom is 0.0921 e. The molecule has 0 aliphatic rings. The third-order valence-electron chi connectivity index (χ3n) is 1.55. The van der Waals surface area contributed by atoms with Crippen LogP contribution in [0.25, 0.3) is 0 Å². The van der Waals surface area contributed by atoms with Crippen molar-refractivity contribution in [2.45, 2.75) is 26.7 Å². The Kier molecular flexibility index (Phi) is 2.49. The van der Waals surface area contributed by atoms with Gasteiger partial charge in [0.2, 0.25) is 0 Å². The molecule has 0 radical (unpaired) electrons. The van der Waals surface area contributed by atoms with Crippen molar-refractivity contribution in [3.05, 3.63) is 18.2 Å². The zero-order chi connectivity index (χ0) is 7.40. The fraction of sp³-hybridized carbons (Fsp3) is 0.625. The van der Waals surface area contributed by atoms with Gasteiger partial charge in [-0.15, -0.1) is 0 Å². The van der Waals surface area contributed by atoms with Gasteiger partial charge in [0.25, 0.3) is 0 Å². The van der Waals surface area contributed by atoms with E-state index >= 15 is 0 Å². The highest BCUT2D eigenvalue weighted by molar-refractivity contribution is 4.93. The van der Waals surface area contributed by atoms with E-state index in [0.29, 0.717) is 0 Å². The molecule has 58 valence electrons. The van der Waals surface area contributed by atoms with E-state index in [9.17, 15) is 0 Å². The number of nitrogens with one attached hydrogen (secondary N) is 1. The molecule has 0 saturated heterocycles. The van der Waals surface area contributed by atoms with Gasteiger partial charge in [-0.25, -0.2) is 4.98 Å². The van der Waals surface area contributed by atoms with Gasteiger partial charge >= 0.3 is 0 Å². The standard InChI is InChI=1S/C8H14N2.H2/c1-7(2)3-4-8-5-9-6-10-8;/h5-7H,3-4H2,1-2H3,(H,9,10);1H. The van der Waals surface area contributed by atoms with Crippen LogP contribution in [-0.4, -0.2) is 9.97 Å². The van der Waals surface area contributed by atoms with Crippen molar-refractivity contribution in [1.29, 1.82) is 0 Å². The third kappa shape index (κ3) is 2.21. The predicted octanol–water partition coefficient (Wildman–Crippen LogP) is 2.24. The van der Waals surface area contributed by atoms with E-state index in [2.05, 4.69) is 23.8 Å². The number of imidazole rings is 1. The lowest BCUT2D eigenvalue weighted by atomic mass is 10.1. The van der Waals surface area contributed by atoms with Gasteiger partial charge in [-0.1, -0.05) is 13.8 Å². The molecule has 0 aromatic carbocycles. The summed E-state index contributed by atoms with van der Waals surface area (Å²) in [4.78, 5) is 7.03. The Balaban J connectivity index is 0.000001000. The molecule has 1 N–H and O–H groups in total. The highest BCUT2D eigenvalue weighted by atomic mass is 14.9. The Morgan fingerprint density at radius 3 is 3.00 bits per heavy atom. The van der Waals surface area contributed by atoms with E-state index in [1.165, 1.54) is 12.1 Å². The number of aromatic nitrogens is 2. The second-order valence-corrected chi connectivity index (χ2v) is 3.01. The van der Waals surface area contributed by atoms with E-state index in [-0.39, 0.29) is 1.43 Å². The smallest absolute Gasteiger partial charge is 0.0921 e. The molecule has 0 aliphatic carbocycles. The molecule has 2 nitrogen and oxygen atoms in total. The first kappa shape index (κ1) is 7.32. The third-order valence-corrected chi connectivity index (χ3v) is 1.55. The van der Waals surface area contributed by atoms with Gasteiger partial charge in [0.1, 0.15) is 0 Å². The normalized spacial score (nSPS) is 10.7. The summed E-state index contributed by atoms with van der Waals surface area (Å²) in [5.74, 6) is 0.781. The molecule has 0 saturated carbocycles. The van der Waals surface area contributed by atoms with Crippen LogP contribution in [0.1, 0.15) is 27.4 Å². The number of aromatic amines is 1. The summed E-state index contributed by atoms with van der Waals surface area (Å²) < 4.78 is 0. The monoisotopic (exact) mass is 140 g/mol. The molecule has 0 fully saturated rings. The maximum absolute atomic E-state index is 3.94. The second-order valence-electron chi connectivity index (χ2n) is 3.01. The average Bonchev–Trinajstić information content (AvgIpc) is 2.34. The SMILES string of the molecule is CC(C)CCc1cnc[nH]1.[HH]. The molecule has 1 aromatic rings.